The molecule has 0 saturated carbocycles. The number of ether oxygens (including phenoxy) is 3. The zero-order valence-corrected chi connectivity index (χ0v) is 17.5. The summed E-state index contributed by atoms with van der Waals surface area (Å²) in [6.45, 7) is 3.40. The number of methoxy groups -OCH3 is 2. The number of hydrogen-bond acceptors (Lipinski definition) is 6. The SMILES string of the molecule is COc1ccc(C[C@H](C)NS(=O)(=O)c2ccc3c(c2)NC(=O)[C@@H](C)O3)cc1OC. The second-order valence-electron chi connectivity index (χ2n) is 6.82. The van der Waals surface area contributed by atoms with E-state index in [2.05, 4.69) is 10.0 Å². The molecule has 0 unspecified atom stereocenters. The molecule has 0 aromatic heterocycles. The molecule has 156 valence electrons. The van der Waals surface area contributed by atoms with Gasteiger partial charge in [-0.3, -0.25) is 4.79 Å². The van der Waals surface area contributed by atoms with Gasteiger partial charge in [0.15, 0.2) is 17.6 Å². The van der Waals surface area contributed by atoms with Crippen LogP contribution in [0.15, 0.2) is 41.3 Å². The van der Waals surface area contributed by atoms with Crippen LogP contribution in [0.3, 0.4) is 0 Å². The molecule has 1 aliphatic heterocycles. The molecule has 1 heterocycles. The third kappa shape index (κ3) is 4.63. The van der Waals surface area contributed by atoms with E-state index < -0.39 is 16.1 Å². The van der Waals surface area contributed by atoms with Crippen LogP contribution in [0.4, 0.5) is 5.69 Å². The van der Waals surface area contributed by atoms with Crippen LogP contribution in [0.2, 0.25) is 0 Å². The number of hydrogen-bond donors (Lipinski definition) is 2. The van der Waals surface area contributed by atoms with Gasteiger partial charge in [-0.25, -0.2) is 13.1 Å². The van der Waals surface area contributed by atoms with E-state index in [-0.39, 0.29) is 16.8 Å². The van der Waals surface area contributed by atoms with E-state index in [4.69, 9.17) is 14.2 Å². The predicted molar refractivity (Wildman–Crippen MR) is 108 cm³/mol. The normalized spacial score (nSPS) is 17.0. The lowest BCUT2D eigenvalue weighted by atomic mass is 10.1. The Bertz CT molecular complexity index is 1020. The molecule has 2 N–H and O–H groups in total. The second-order valence-corrected chi connectivity index (χ2v) is 8.54. The average Bonchev–Trinajstić information content (AvgIpc) is 2.67. The van der Waals surface area contributed by atoms with Crippen molar-refractivity contribution in [2.75, 3.05) is 19.5 Å². The Morgan fingerprint density at radius 3 is 2.55 bits per heavy atom. The lowest BCUT2D eigenvalue weighted by Crippen LogP contribution is -2.35. The number of anilines is 1. The van der Waals surface area contributed by atoms with Crippen molar-refractivity contribution in [3.8, 4) is 17.2 Å². The van der Waals surface area contributed by atoms with Crippen molar-refractivity contribution in [1.29, 1.82) is 0 Å². The molecule has 2 atom stereocenters. The molecule has 0 bridgehead atoms. The van der Waals surface area contributed by atoms with Gasteiger partial charge in [0.05, 0.1) is 24.8 Å². The number of sulfonamides is 1. The van der Waals surface area contributed by atoms with Crippen LogP contribution in [-0.2, 0) is 21.2 Å². The van der Waals surface area contributed by atoms with E-state index in [0.29, 0.717) is 29.4 Å². The van der Waals surface area contributed by atoms with Crippen molar-refractivity contribution in [3.63, 3.8) is 0 Å². The van der Waals surface area contributed by atoms with Gasteiger partial charge in [-0.15, -0.1) is 0 Å². The molecule has 0 fully saturated rings. The van der Waals surface area contributed by atoms with E-state index in [9.17, 15) is 13.2 Å². The number of benzene rings is 2. The Morgan fingerprint density at radius 1 is 1.14 bits per heavy atom. The molecule has 0 aliphatic carbocycles. The Kier molecular flexibility index (Phi) is 5.99. The summed E-state index contributed by atoms with van der Waals surface area (Å²) in [5, 5.41) is 2.66. The topological polar surface area (TPSA) is 103 Å². The van der Waals surface area contributed by atoms with Gasteiger partial charge in [0.25, 0.3) is 5.91 Å². The van der Waals surface area contributed by atoms with Crippen LogP contribution in [0.25, 0.3) is 0 Å². The van der Waals surface area contributed by atoms with Crippen LogP contribution < -0.4 is 24.2 Å². The molecular formula is C20H24N2O6S. The number of amides is 1. The number of rotatable bonds is 7. The summed E-state index contributed by atoms with van der Waals surface area (Å²) in [4.78, 5) is 11.8. The Hall–Kier alpha value is -2.78. The van der Waals surface area contributed by atoms with Crippen LogP contribution in [0.5, 0.6) is 17.2 Å². The summed E-state index contributed by atoms with van der Waals surface area (Å²) >= 11 is 0. The van der Waals surface area contributed by atoms with Crippen molar-refractivity contribution in [2.45, 2.75) is 37.3 Å². The Morgan fingerprint density at radius 2 is 1.86 bits per heavy atom. The predicted octanol–water partition coefficient (Wildman–Crippen LogP) is 2.33. The Labute approximate surface area is 170 Å². The summed E-state index contributed by atoms with van der Waals surface area (Å²) in [6, 6.07) is 9.47. The van der Waals surface area contributed by atoms with Crippen LogP contribution >= 0.6 is 0 Å². The Balaban J connectivity index is 1.74. The molecular weight excluding hydrogens is 396 g/mol. The lowest BCUT2D eigenvalue weighted by molar-refractivity contribution is -0.122. The van der Waals surface area contributed by atoms with Gasteiger partial charge in [0.1, 0.15) is 5.75 Å². The maximum absolute atomic E-state index is 12.8. The number of fused-ring (bicyclic) bond motifs is 1. The second kappa shape index (κ2) is 8.30. The first-order chi connectivity index (χ1) is 13.7. The molecule has 9 heteroatoms. The standard InChI is InChI=1S/C20H24N2O6S/c1-12(9-14-5-7-18(26-3)19(10-14)27-4)22-29(24,25)15-6-8-17-16(11-15)21-20(23)13(2)28-17/h5-8,10-13,22H,9H2,1-4H3,(H,21,23)/t12-,13+/m0/s1. The highest BCUT2D eigenvalue weighted by molar-refractivity contribution is 7.89. The van der Waals surface area contributed by atoms with Crippen molar-refractivity contribution in [3.05, 3.63) is 42.0 Å². The summed E-state index contributed by atoms with van der Waals surface area (Å²) in [7, 11) is -0.680. The first kappa shape index (κ1) is 20.9. The van der Waals surface area contributed by atoms with Crippen molar-refractivity contribution < 1.29 is 27.4 Å². The summed E-state index contributed by atoms with van der Waals surface area (Å²) in [5.74, 6) is 1.31. The van der Waals surface area contributed by atoms with Gasteiger partial charge in [0.2, 0.25) is 10.0 Å². The molecule has 0 radical (unpaired) electrons. The van der Waals surface area contributed by atoms with Crippen molar-refractivity contribution in [2.24, 2.45) is 0 Å². The number of nitrogens with one attached hydrogen (secondary N) is 2. The molecule has 3 rings (SSSR count). The minimum Gasteiger partial charge on any atom is -0.493 e. The fourth-order valence-corrected chi connectivity index (χ4v) is 4.36. The van der Waals surface area contributed by atoms with Gasteiger partial charge in [-0.1, -0.05) is 6.07 Å². The quantitative estimate of drug-likeness (QED) is 0.713. The molecule has 29 heavy (non-hydrogen) atoms. The van der Waals surface area contributed by atoms with Gasteiger partial charge < -0.3 is 19.5 Å². The highest BCUT2D eigenvalue weighted by atomic mass is 32.2. The monoisotopic (exact) mass is 420 g/mol. The minimum atomic E-state index is -3.79. The number of carbonyl (C=O) groups excluding carboxylic acids is 1. The first-order valence-electron chi connectivity index (χ1n) is 9.08. The summed E-state index contributed by atoms with van der Waals surface area (Å²) in [5.41, 5.74) is 1.24. The smallest absolute Gasteiger partial charge is 0.265 e. The molecule has 8 nitrogen and oxygen atoms in total. The van der Waals surface area contributed by atoms with Gasteiger partial charge in [-0.05, 0) is 56.2 Å². The minimum absolute atomic E-state index is 0.0499. The highest BCUT2D eigenvalue weighted by Crippen LogP contribution is 2.32. The van der Waals surface area contributed by atoms with Crippen molar-refractivity contribution >= 4 is 21.6 Å². The largest absolute Gasteiger partial charge is 0.493 e. The lowest BCUT2D eigenvalue weighted by Gasteiger charge is -2.24. The summed E-state index contributed by atoms with van der Waals surface area (Å²) < 4.78 is 44.2. The molecule has 0 saturated heterocycles. The highest BCUT2D eigenvalue weighted by Gasteiger charge is 2.26. The van der Waals surface area contributed by atoms with E-state index >= 15 is 0 Å². The van der Waals surface area contributed by atoms with E-state index in [0.717, 1.165) is 5.56 Å². The summed E-state index contributed by atoms with van der Waals surface area (Å²) in [6.07, 6.45) is -0.161. The van der Waals surface area contributed by atoms with Gasteiger partial charge in [0, 0.05) is 6.04 Å². The van der Waals surface area contributed by atoms with E-state index in [1.54, 1.807) is 40.2 Å². The van der Waals surface area contributed by atoms with Crippen LogP contribution in [-0.4, -0.2) is 40.7 Å². The van der Waals surface area contributed by atoms with E-state index in [1.165, 1.54) is 12.1 Å². The average molecular weight is 420 g/mol. The van der Waals surface area contributed by atoms with E-state index in [1.807, 2.05) is 12.1 Å². The fourth-order valence-electron chi connectivity index (χ4n) is 3.09. The zero-order chi connectivity index (χ0) is 21.2. The third-order valence-electron chi connectivity index (χ3n) is 4.54. The third-order valence-corrected chi connectivity index (χ3v) is 6.13. The maximum atomic E-state index is 12.8. The molecule has 2 aromatic rings. The number of carbonyl (C=O) groups is 1. The van der Waals surface area contributed by atoms with Crippen molar-refractivity contribution in [1.82, 2.24) is 4.72 Å². The van der Waals surface area contributed by atoms with Gasteiger partial charge >= 0.3 is 0 Å². The van der Waals surface area contributed by atoms with Crippen LogP contribution in [0, 0.1) is 0 Å². The molecule has 0 spiro atoms. The zero-order valence-electron chi connectivity index (χ0n) is 16.7. The fraction of sp³-hybridized carbons (Fsp3) is 0.350. The first-order valence-corrected chi connectivity index (χ1v) is 10.6. The molecule has 1 amide bonds. The maximum Gasteiger partial charge on any atom is 0.265 e. The van der Waals surface area contributed by atoms with Crippen LogP contribution in [0.1, 0.15) is 19.4 Å². The van der Waals surface area contributed by atoms with Gasteiger partial charge in [-0.2, -0.15) is 0 Å². The molecule has 2 aromatic carbocycles. The molecule has 1 aliphatic rings.